The highest BCUT2D eigenvalue weighted by Gasteiger charge is 2.09. The zero-order valence-corrected chi connectivity index (χ0v) is 10.1. The van der Waals surface area contributed by atoms with Crippen molar-refractivity contribution in [1.29, 1.82) is 0 Å². The lowest BCUT2D eigenvalue weighted by atomic mass is 10.0. The molecule has 0 aliphatic heterocycles. The number of aryl methyl sites for hydroxylation is 1. The van der Waals surface area contributed by atoms with Crippen molar-refractivity contribution in [2.75, 3.05) is 14.2 Å². The maximum Gasteiger partial charge on any atom is 0.337 e. The molecule has 0 fully saturated rings. The van der Waals surface area contributed by atoms with Crippen LogP contribution in [0.25, 0.3) is 10.8 Å². The van der Waals surface area contributed by atoms with Gasteiger partial charge in [-0.2, -0.15) is 0 Å². The van der Waals surface area contributed by atoms with Crippen LogP contribution in [0.2, 0.25) is 0 Å². The zero-order chi connectivity index (χ0) is 12.4. The minimum atomic E-state index is -0.338. The van der Waals surface area contributed by atoms with Crippen LogP contribution in [-0.4, -0.2) is 20.2 Å². The van der Waals surface area contributed by atoms with Crippen LogP contribution >= 0.6 is 0 Å². The van der Waals surface area contributed by atoms with Crippen molar-refractivity contribution in [3.63, 3.8) is 0 Å². The molecule has 0 aliphatic carbocycles. The molecule has 0 amide bonds. The van der Waals surface area contributed by atoms with Gasteiger partial charge in [0, 0.05) is 5.39 Å². The van der Waals surface area contributed by atoms with Gasteiger partial charge in [-0.3, -0.25) is 0 Å². The third-order valence-corrected chi connectivity index (χ3v) is 2.84. The Morgan fingerprint density at radius 3 is 2.47 bits per heavy atom. The fourth-order valence-corrected chi connectivity index (χ4v) is 1.90. The fraction of sp³-hybridized carbons (Fsp3) is 0.214. The van der Waals surface area contributed by atoms with Gasteiger partial charge in [-0.1, -0.05) is 12.1 Å². The lowest BCUT2D eigenvalue weighted by molar-refractivity contribution is 0.0601. The Bertz CT molecular complexity index is 573. The molecule has 0 aliphatic rings. The van der Waals surface area contributed by atoms with Gasteiger partial charge in [0.15, 0.2) is 0 Å². The van der Waals surface area contributed by atoms with Crippen molar-refractivity contribution >= 4 is 16.7 Å². The Labute approximate surface area is 100.0 Å². The van der Waals surface area contributed by atoms with Crippen LogP contribution < -0.4 is 4.74 Å². The number of hydrogen-bond donors (Lipinski definition) is 0. The molecule has 0 radical (unpaired) electrons. The van der Waals surface area contributed by atoms with E-state index < -0.39 is 0 Å². The summed E-state index contributed by atoms with van der Waals surface area (Å²) in [6, 6.07) is 9.38. The first-order valence-electron chi connectivity index (χ1n) is 5.33. The summed E-state index contributed by atoms with van der Waals surface area (Å²) in [4.78, 5) is 11.5. The van der Waals surface area contributed by atoms with Crippen molar-refractivity contribution in [3.8, 4) is 5.75 Å². The molecule has 2 rings (SSSR count). The lowest BCUT2D eigenvalue weighted by Gasteiger charge is -2.09. The van der Waals surface area contributed by atoms with E-state index in [1.165, 1.54) is 7.11 Å². The lowest BCUT2D eigenvalue weighted by Crippen LogP contribution is -2.01. The highest BCUT2D eigenvalue weighted by molar-refractivity contribution is 5.98. The average molecular weight is 230 g/mol. The predicted octanol–water partition coefficient (Wildman–Crippen LogP) is 2.94. The van der Waals surface area contributed by atoms with Crippen LogP contribution in [0.1, 0.15) is 15.9 Å². The van der Waals surface area contributed by atoms with Gasteiger partial charge in [-0.05, 0) is 36.1 Å². The normalized spacial score (nSPS) is 10.3. The first-order chi connectivity index (χ1) is 8.17. The number of benzene rings is 2. The maximum atomic E-state index is 11.5. The van der Waals surface area contributed by atoms with E-state index in [1.54, 1.807) is 19.2 Å². The molecule has 3 nitrogen and oxygen atoms in total. The molecular formula is C14H14O3. The molecule has 2 aromatic rings. The van der Waals surface area contributed by atoms with Gasteiger partial charge in [-0.15, -0.1) is 0 Å². The molecule has 0 unspecified atom stereocenters. The Balaban J connectivity index is 2.70. The molecule has 0 saturated heterocycles. The summed E-state index contributed by atoms with van der Waals surface area (Å²) < 4.78 is 10.0. The van der Waals surface area contributed by atoms with Gasteiger partial charge in [-0.25, -0.2) is 4.79 Å². The smallest absolute Gasteiger partial charge is 0.337 e. The van der Waals surface area contributed by atoms with Crippen LogP contribution in [0.4, 0.5) is 0 Å². The Morgan fingerprint density at radius 2 is 1.82 bits per heavy atom. The number of carbonyl (C=O) groups is 1. The minimum Gasteiger partial charge on any atom is -0.496 e. The number of ether oxygens (including phenoxy) is 2. The second-order valence-corrected chi connectivity index (χ2v) is 3.84. The van der Waals surface area contributed by atoms with Crippen LogP contribution in [0.15, 0.2) is 30.3 Å². The molecular weight excluding hydrogens is 216 g/mol. The number of fused-ring (bicyclic) bond motifs is 1. The van der Waals surface area contributed by atoms with E-state index in [-0.39, 0.29) is 5.97 Å². The topological polar surface area (TPSA) is 35.5 Å². The minimum absolute atomic E-state index is 0.338. The fourth-order valence-electron chi connectivity index (χ4n) is 1.90. The SMILES string of the molecule is COC(=O)c1ccc2c(C)ccc(OC)c2c1. The Kier molecular flexibility index (Phi) is 3.00. The van der Waals surface area contributed by atoms with E-state index in [4.69, 9.17) is 9.47 Å². The first-order valence-corrected chi connectivity index (χ1v) is 5.33. The summed E-state index contributed by atoms with van der Waals surface area (Å²) in [6.45, 7) is 2.03. The summed E-state index contributed by atoms with van der Waals surface area (Å²) >= 11 is 0. The number of rotatable bonds is 2. The summed E-state index contributed by atoms with van der Waals surface area (Å²) in [5, 5.41) is 2.01. The van der Waals surface area contributed by atoms with Crippen molar-refractivity contribution in [2.45, 2.75) is 6.92 Å². The maximum absolute atomic E-state index is 11.5. The number of methoxy groups -OCH3 is 2. The van der Waals surface area contributed by atoms with Crippen molar-refractivity contribution in [1.82, 2.24) is 0 Å². The van der Waals surface area contributed by atoms with E-state index in [9.17, 15) is 4.79 Å². The highest BCUT2D eigenvalue weighted by Crippen LogP contribution is 2.29. The Hall–Kier alpha value is -2.03. The van der Waals surface area contributed by atoms with Crippen molar-refractivity contribution in [2.24, 2.45) is 0 Å². The van der Waals surface area contributed by atoms with Gasteiger partial charge < -0.3 is 9.47 Å². The zero-order valence-electron chi connectivity index (χ0n) is 10.1. The van der Waals surface area contributed by atoms with Crippen molar-refractivity contribution in [3.05, 3.63) is 41.5 Å². The molecule has 3 heteroatoms. The molecule has 88 valence electrons. The molecule has 0 aromatic heterocycles. The largest absolute Gasteiger partial charge is 0.496 e. The van der Waals surface area contributed by atoms with Crippen molar-refractivity contribution < 1.29 is 14.3 Å². The number of carbonyl (C=O) groups excluding carboxylic acids is 1. The molecule has 0 spiro atoms. The number of esters is 1. The molecule has 0 N–H and O–H groups in total. The summed E-state index contributed by atoms with van der Waals surface area (Å²) in [5.74, 6) is 0.423. The van der Waals surface area contributed by atoms with E-state index in [0.717, 1.165) is 22.1 Å². The van der Waals surface area contributed by atoms with E-state index >= 15 is 0 Å². The molecule has 0 heterocycles. The van der Waals surface area contributed by atoms with Gasteiger partial charge >= 0.3 is 5.97 Å². The van der Waals surface area contributed by atoms with Gasteiger partial charge in [0.2, 0.25) is 0 Å². The molecule has 0 saturated carbocycles. The monoisotopic (exact) mass is 230 g/mol. The predicted molar refractivity (Wildman–Crippen MR) is 66.6 cm³/mol. The van der Waals surface area contributed by atoms with Crippen LogP contribution in [0, 0.1) is 6.92 Å². The highest BCUT2D eigenvalue weighted by atomic mass is 16.5. The van der Waals surface area contributed by atoms with E-state index in [2.05, 4.69) is 0 Å². The van der Waals surface area contributed by atoms with Crippen LogP contribution in [0.3, 0.4) is 0 Å². The third-order valence-electron chi connectivity index (χ3n) is 2.84. The molecule has 0 bridgehead atoms. The summed E-state index contributed by atoms with van der Waals surface area (Å²) in [6.07, 6.45) is 0. The Morgan fingerprint density at radius 1 is 1.06 bits per heavy atom. The quantitative estimate of drug-likeness (QED) is 0.744. The first kappa shape index (κ1) is 11.5. The molecule has 17 heavy (non-hydrogen) atoms. The second-order valence-electron chi connectivity index (χ2n) is 3.84. The molecule has 0 atom stereocenters. The number of hydrogen-bond acceptors (Lipinski definition) is 3. The third kappa shape index (κ3) is 1.96. The van der Waals surface area contributed by atoms with Crippen LogP contribution in [-0.2, 0) is 4.74 Å². The van der Waals surface area contributed by atoms with Crippen LogP contribution in [0.5, 0.6) is 5.75 Å². The van der Waals surface area contributed by atoms with Gasteiger partial charge in [0.25, 0.3) is 0 Å². The van der Waals surface area contributed by atoms with Gasteiger partial charge in [0.1, 0.15) is 5.75 Å². The van der Waals surface area contributed by atoms with E-state index in [1.807, 2.05) is 25.1 Å². The molecule has 2 aromatic carbocycles. The summed E-state index contributed by atoms with van der Waals surface area (Å²) in [5.41, 5.74) is 1.68. The summed E-state index contributed by atoms with van der Waals surface area (Å²) in [7, 11) is 2.99. The van der Waals surface area contributed by atoms with E-state index in [0.29, 0.717) is 5.56 Å². The van der Waals surface area contributed by atoms with Gasteiger partial charge in [0.05, 0.1) is 19.8 Å². The average Bonchev–Trinajstić information content (AvgIpc) is 2.38. The second kappa shape index (κ2) is 4.45. The standard InChI is InChI=1S/C14H14O3/c1-9-4-7-13(16-2)12-8-10(14(15)17-3)5-6-11(9)12/h4-8H,1-3H3.